The van der Waals surface area contributed by atoms with Crippen LogP contribution in [0.2, 0.25) is 0 Å². The molecule has 0 saturated carbocycles. The summed E-state index contributed by atoms with van der Waals surface area (Å²) in [6.07, 6.45) is 0.842. The molecule has 0 radical (unpaired) electrons. The van der Waals surface area contributed by atoms with Crippen LogP contribution in [-0.4, -0.2) is 29.2 Å². The number of carbonyl (C=O) groups is 1. The monoisotopic (exact) mass is 384 g/mol. The number of benzene rings is 1. The van der Waals surface area contributed by atoms with Crippen molar-refractivity contribution in [3.05, 3.63) is 39.0 Å². The Morgan fingerprint density at radius 1 is 1.40 bits per heavy atom. The van der Waals surface area contributed by atoms with Gasteiger partial charge in [0.2, 0.25) is 0 Å². The Balaban J connectivity index is 2.09. The minimum Gasteiger partial charge on any atom is -0.390 e. The number of aliphatic hydroxyl groups is 1. The number of rotatable bonds is 3. The fraction of sp³-hybridized carbons (Fsp3) is 0.438. The van der Waals surface area contributed by atoms with Crippen LogP contribution in [0.15, 0.2) is 29.8 Å². The van der Waals surface area contributed by atoms with Crippen LogP contribution in [0.5, 0.6) is 0 Å². The number of fused-ring (bicyclic) bond motifs is 2. The van der Waals surface area contributed by atoms with Crippen LogP contribution < -0.4 is 0 Å². The molecule has 2 bridgehead atoms. The predicted octanol–water partition coefficient (Wildman–Crippen LogP) is 2.95. The molecule has 2 unspecified atom stereocenters. The van der Waals surface area contributed by atoms with E-state index in [-0.39, 0.29) is 11.9 Å². The first-order valence-electron chi connectivity index (χ1n) is 6.96. The van der Waals surface area contributed by atoms with Crippen LogP contribution in [0.3, 0.4) is 0 Å². The summed E-state index contributed by atoms with van der Waals surface area (Å²) < 4.78 is 6.96. The van der Waals surface area contributed by atoms with Crippen molar-refractivity contribution in [2.45, 2.75) is 44.5 Å². The lowest BCUT2D eigenvalue weighted by Crippen LogP contribution is -2.30. The predicted molar refractivity (Wildman–Crippen MR) is 85.3 cm³/mol. The van der Waals surface area contributed by atoms with Gasteiger partial charge in [0.1, 0.15) is 6.10 Å². The third-order valence-corrected chi connectivity index (χ3v) is 4.77. The maximum Gasteiger partial charge on any atom is 0.161 e. The Morgan fingerprint density at radius 2 is 2.10 bits per heavy atom. The van der Waals surface area contributed by atoms with E-state index in [0.717, 1.165) is 17.6 Å². The highest BCUT2D eigenvalue weighted by Crippen LogP contribution is 2.41. The molecule has 0 spiro atoms. The van der Waals surface area contributed by atoms with Crippen LogP contribution >= 0.6 is 22.6 Å². The van der Waals surface area contributed by atoms with Gasteiger partial charge in [-0.1, -0.05) is 19.1 Å². The standard InChI is InChI=1S/C16H17IO3/c1-2-13(18)15-12(9-3-5-10(17)6-4-9)7-11-8-14(19)16(15)20-11/h3-6,11,14,16,19H,2,7-8H2,1H3/t11?,14?,16-/m1/s1. The van der Waals surface area contributed by atoms with Crippen molar-refractivity contribution in [1.29, 1.82) is 0 Å². The maximum atomic E-state index is 12.3. The summed E-state index contributed by atoms with van der Waals surface area (Å²) in [6.45, 7) is 1.86. The van der Waals surface area contributed by atoms with Gasteiger partial charge in [-0.3, -0.25) is 4.79 Å². The lowest BCUT2D eigenvalue weighted by molar-refractivity contribution is -0.117. The highest BCUT2D eigenvalue weighted by molar-refractivity contribution is 14.1. The third-order valence-electron chi connectivity index (χ3n) is 4.05. The highest BCUT2D eigenvalue weighted by Gasteiger charge is 2.43. The van der Waals surface area contributed by atoms with Crippen molar-refractivity contribution >= 4 is 33.9 Å². The quantitative estimate of drug-likeness (QED) is 0.816. The molecule has 1 saturated heterocycles. The van der Waals surface area contributed by atoms with E-state index in [1.807, 2.05) is 19.1 Å². The van der Waals surface area contributed by atoms with E-state index >= 15 is 0 Å². The average molecular weight is 384 g/mol. The second-order valence-corrected chi connectivity index (χ2v) is 6.61. The number of hydrogen-bond acceptors (Lipinski definition) is 3. The first-order valence-corrected chi connectivity index (χ1v) is 8.03. The van der Waals surface area contributed by atoms with Gasteiger partial charge < -0.3 is 9.84 Å². The van der Waals surface area contributed by atoms with Gasteiger partial charge in [0.05, 0.1) is 12.2 Å². The molecule has 20 heavy (non-hydrogen) atoms. The number of aliphatic hydroxyl groups excluding tert-OH is 1. The highest BCUT2D eigenvalue weighted by atomic mass is 127. The molecule has 1 aromatic carbocycles. The molecule has 2 aliphatic rings. The summed E-state index contributed by atoms with van der Waals surface area (Å²) in [6, 6.07) is 8.20. The van der Waals surface area contributed by atoms with Gasteiger partial charge >= 0.3 is 0 Å². The zero-order valence-corrected chi connectivity index (χ0v) is 13.5. The molecule has 0 aliphatic carbocycles. The Labute approximate surface area is 132 Å². The molecule has 1 N–H and O–H groups in total. The molecule has 106 valence electrons. The first kappa shape index (κ1) is 14.2. The third kappa shape index (κ3) is 2.44. The molecule has 0 aromatic heterocycles. The molecule has 1 fully saturated rings. The van der Waals surface area contributed by atoms with E-state index in [1.54, 1.807) is 0 Å². The fourth-order valence-electron chi connectivity index (χ4n) is 3.09. The molecular formula is C16H17IO3. The molecule has 3 atom stereocenters. The molecular weight excluding hydrogens is 367 g/mol. The number of halogens is 1. The zero-order valence-electron chi connectivity index (χ0n) is 11.3. The first-order chi connectivity index (χ1) is 9.60. The van der Waals surface area contributed by atoms with Crippen LogP contribution in [0.1, 0.15) is 31.7 Å². The van der Waals surface area contributed by atoms with Crippen LogP contribution in [0.25, 0.3) is 5.57 Å². The molecule has 1 aromatic rings. The van der Waals surface area contributed by atoms with Gasteiger partial charge in [0.15, 0.2) is 5.78 Å². The Kier molecular flexibility index (Phi) is 3.97. The Hall–Kier alpha value is -0.720. The SMILES string of the molecule is CCC(=O)C1=C(c2ccc(I)cc2)CC2CC(O)[C@H]1O2. The van der Waals surface area contributed by atoms with Crippen molar-refractivity contribution in [3.63, 3.8) is 0 Å². The van der Waals surface area contributed by atoms with Gasteiger partial charge in [0.25, 0.3) is 0 Å². The topological polar surface area (TPSA) is 46.5 Å². The zero-order chi connectivity index (χ0) is 14.3. The second kappa shape index (κ2) is 5.58. The molecule has 3 rings (SSSR count). The smallest absolute Gasteiger partial charge is 0.161 e. The molecule has 2 heterocycles. The maximum absolute atomic E-state index is 12.3. The fourth-order valence-corrected chi connectivity index (χ4v) is 3.45. The van der Waals surface area contributed by atoms with Crippen LogP contribution in [0, 0.1) is 3.57 Å². The minimum absolute atomic E-state index is 0.0395. The number of hydrogen-bond donors (Lipinski definition) is 1. The van der Waals surface area contributed by atoms with Crippen molar-refractivity contribution in [1.82, 2.24) is 0 Å². The summed E-state index contributed by atoms with van der Waals surface area (Å²) in [5, 5.41) is 10.1. The van der Waals surface area contributed by atoms with E-state index in [2.05, 4.69) is 34.7 Å². The number of carbonyl (C=O) groups excluding carboxylic acids is 1. The normalized spacial score (nSPS) is 28.9. The van der Waals surface area contributed by atoms with E-state index < -0.39 is 12.2 Å². The molecule has 4 heteroatoms. The van der Waals surface area contributed by atoms with Gasteiger partial charge in [-0.05, 0) is 52.3 Å². The lowest BCUT2D eigenvalue weighted by Gasteiger charge is -2.27. The van der Waals surface area contributed by atoms with E-state index in [1.165, 1.54) is 3.57 Å². The molecule has 0 amide bonds. The van der Waals surface area contributed by atoms with Gasteiger partial charge in [-0.25, -0.2) is 0 Å². The number of ether oxygens (including phenoxy) is 1. The van der Waals surface area contributed by atoms with Crippen LogP contribution in [-0.2, 0) is 9.53 Å². The van der Waals surface area contributed by atoms with Crippen LogP contribution in [0.4, 0.5) is 0 Å². The summed E-state index contributed by atoms with van der Waals surface area (Å²) in [7, 11) is 0. The lowest BCUT2D eigenvalue weighted by atomic mass is 9.89. The summed E-state index contributed by atoms with van der Waals surface area (Å²) in [5.74, 6) is 0.0861. The van der Waals surface area contributed by atoms with Crippen molar-refractivity contribution in [2.75, 3.05) is 0 Å². The van der Waals surface area contributed by atoms with Crippen molar-refractivity contribution in [3.8, 4) is 0 Å². The Bertz CT molecular complexity index is 562. The Morgan fingerprint density at radius 3 is 2.75 bits per heavy atom. The number of Topliss-reactive ketones (excluding diaryl/α,β-unsaturated/α-hetero) is 1. The van der Waals surface area contributed by atoms with E-state index in [4.69, 9.17) is 4.74 Å². The summed E-state index contributed by atoms with van der Waals surface area (Å²) in [4.78, 5) is 12.3. The average Bonchev–Trinajstić information content (AvgIpc) is 2.74. The van der Waals surface area contributed by atoms with E-state index in [9.17, 15) is 9.90 Å². The summed E-state index contributed by atoms with van der Waals surface area (Å²) >= 11 is 2.27. The number of ketones is 1. The second-order valence-electron chi connectivity index (χ2n) is 5.36. The van der Waals surface area contributed by atoms with Crippen molar-refractivity contribution < 1.29 is 14.6 Å². The largest absolute Gasteiger partial charge is 0.390 e. The van der Waals surface area contributed by atoms with E-state index in [0.29, 0.717) is 18.4 Å². The molecule has 2 aliphatic heterocycles. The summed E-state index contributed by atoms with van der Waals surface area (Å²) in [5.41, 5.74) is 2.83. The van der Waals surface area contributed by atoms with Gasteiger partial charge in [-0.2, -0.15) is 0 Å². The molecule has 3 nitrogen and oxygen atoms in total. The van der Waals surface area contributed by atoms with Crippen molar-refractivity contribution in [2.24, 2.45) is 0 Å². The van der Waals surface area contributed by atoms with Gasteiger partial charge in [-0.15, -0.1) is 0 Å². The minimum atomic E-state index is -0.549. The van der Waals surface area contributed by atoms with Gasteiger partial charge in [0, 0.05) is 22.0 Å².